The first-order valence-corrected chi connectivity index (χ1v) is 31.4. The van der Waals surface area contributed by atoms with E-state index in [4.69, 9.17) is 4.74 Å². The Hall–Kier alpha value is -8.12. The van der Waals surface area contributed by atoms with Gasteiger partial charge in [-0.25, -0.2) is 0 Å². The Labute approximate surface area is 478 Å². The first-order chi connectivity index (χ1) is 38.7. The highest BCUT2D eigenvalue weighted by atomic mass is 28.3. The second kappa shape index (κ2) is 16.1. The summed E-state index contributed by atoms with van der Waals surface area (Å²) in [7, 11) is -2.79. The monoisotopic (exact) mass is 1060 g/mol. The molecule has 3 nitrogen and oxygen atoms in total. The highest BCUT2D eigenvalue weighted by Crippen LogP contribution is 2.47. The minimum atomic E-state index is -2.79. The molecule has 394 valence electrons. The molecule has 10 aromatic carbocycles. The number of hydrogen-bond donors (Lipinski definition) is 0. The van der Waals surface area contributed by atoms with Crippen molar-refractivity contribution in [3.8, 4) is 56.3 Å². The standard InChI is InChI=1S/C76H67BN2OSi/c1-73(2,3)46-33-44(34-47(37-46)74(4,5)6)45-35-62-70-64(36-45)80-63-43-68-56(54-26-17-22-32-67(54)81(68)65-30-20-15-24-52(65)53-25-16-21-31-66(53)81)41-58(63)77(70)59-42-57-51-23-13-18-28-60(51)78(50-39-48(75(7,8)9)38-49(40-50)76(10,11)12)71(57)69-55-27-14-19-29-61(55)79(62)72(59)69/h13-43H,1-12H3. The van der Waals surface area contributed by atoms with Gasteiger partial charge in [-0.05, 0) is 157 Å². The Morgan fingerprint density at radius 1 is 0.370 bits per heavy atom. The fourth-order valence-corrected chi connectivity index (χ4v) is 20.6. The van der Waals surface area contributed by atoms with E-state index in [1.54, 1.807) is 0 Å². The predicted octanol–water partition coefficient (Wildman–Crippen LogP) is 15.0. The SMILES string of the molecule is CC(C)(C)c1cc(-c2cc3c4c(c2)-n2c5ccccc5c5c2c(cc2c6ccccc6n(-c6cc(C(C)(C)C)cc(C(C)(C)C)c6)c25)B4c2cc4c(cc2O3)[Si]2(c3ccccc3-c3ccccc32)c2ccccc2-4)cc(C(C)(C)C)c1. The Kier molecular flexibility index (Phi) is 9.68. The first-order valence-electron chi connectivity index (χ1n) is 29.4. The smallest absolute Gasteiger partial charge is 0.256 e. The fraction of sp³-hybridized carbons (Fsp3) is 0.211. The van der Waals surface area contributed by atoms with Gasteiger partial charge in [0.15, 0.2) is 8.07 Å². The van der Waals surface area contributed by atoms with E-state index in [0.717, 1.165) is 11.5 Å². The van der Waals surface area contributed by atoms with Crippen molar-refractivity contribution in [2.75, 3.05) is 0 Å². The third-order valence-electron chi connectivity index (χ3n) is 19.1. The van der Waals surface area contributed by atoms with Gasteiger partial charge in [0.1, 0.15) is 11.5 Å². The Bertz CT molecular complexity index is 4680. The average Bonchev–Trinajstić information content (AvgIpc) is 3.10. The van der Waals surface area contributed by atoms with E-state index in [1.807, 2.05) is 0 Å². The van der Waals surface area contributed by atoms with Crippen LogP contribution < -0.4 is 41.9 Å². The molecule has 12 aromatic rings. The lowest BCUT2D eigenvalue weighted by Crippen LogP contribution is -2.71. The zero-order valence-corrected chi connectivity index (χ0v) is 49.8. The number of aromatic nitrogens is 2. The lowest BCUT2D eigenvalue weighted by molar-refractivity contribution is 0.488. The van der Waals surface area contributed by atoms with Crippen molar-refractivity contribution in [3.63, 3.8) is 0 Å². The van der Waals surface area contributed by atoms with Crippen molar-refractivity contribution in [2.24, 2.45) is 0 Å². The summed E-state index contributed by atoms with van der Waals surface area (Å²) < 4.78 is 13.0. The third kappa shape index (κ3) is 6.59. The van der Waals surface area contributed by atoms with Gasteiger partial charge in [0.05, 0.1) is 22.1 Å². The highest BCUT2D eigenvalue weighted by molar-refractivity contribution is 7.24. The van der Waals surface area contributed by atoms with Crippen LogP contribution in [0.4, 0.5) is 0 Å². The fourth-order valence-electron chi connectivity index (χ4n) is 15.0. The minimum absolute atomic E-state index is 0.0556. The maximum Gasteiger partial charge on any atom is 0.256 e. The lowest BCUT2D eigenvalue weighted by Gasteiger charge is -2.35. The van der Waals surface area contributed by atoms with Crippen LogP contribution in [0.25, 0.3) is 88.4 Å². The van der Waals surface area contributed by atoms with E-state index in [1.165, 1.54) is 148 Å². The summed E-state index contributed by atoms with van der Waals surface area (Å²) in [6.07, 6.45) is 0. The van der Waals surface area contributed by atoms with Crippen LogP contribution in [0.2, 0.25) is 0 Å². The second-order valence-corrected chi connectivity index (χ2v) is 31.8. The number of nitrogens with zero attached hydrogens (tertiary/aromatic N) is 2. The van der Waals surface area contributed by atoms with Gasteiger partial charge in [0.2, 0.25) is 0 Å². The molecule has 4 aliphatic rings. The lowest BCUT2D eigenvalue weighted by atomic mass is 9.34. The number of para-hydroxylation sites is 2. The number of ether oxygens (including phenoxy) is 1. The molecule has 0 atom stereocenters. The summed E-state index contributed by atoms with van der Waals surface area (Å²) >= 11 is 0. The van der Waals surface area contributed by atoms with Crippen LogP contribution in [-0.4, -0.2) is 23.9 Å². The van der Waals surface area contributed by atoms with Crippen molar-refractivity contribution in [2.45, 2.75) is 105 Å². The van der Waals surface area contributed by atoms with Crippen molar-refractivity contribution in [1.29, 1.82) is 0 Å². The van der Waals surface area contributed by atoms with Gasteiger partial charge in [0.25, 0.3) is 6.71 Å². The Balaban J connectivity index is 1.06. The van der Waals surface area contributed by atoms with Crippen LogP contribution in [0.5, 0.6) is 11.5 Å². The molecule has 0 fully saturated rings. The van der Waals surface area contributed by atoms with Crippen LogP contribution in [0.15, 0.2) is 188 Å². The molecule has 6 heterocycles. The maximum atomic E-state index is 7.79. The molecule has 81 heavy (non-hydrogen) atoms. The quantitative estimate of drug-likeness (QED) is 0.158. The molecule has 0 saturated heterocycles. The molecule has 0 unspecified atom stereocenters. The molecule has 5 heteroatoms. The summed E-state index contributed by atoms with van der Waals surface area (Å²) in [5.74, 6) is 1.90. The number of hydrogen-bond acceptors (Lipinski definition) is 1. The minimum Gasteiger partial charge on any atom is -0.458 e. The van der Waals surface area contributed by atoms with E-state index in [9.17, 15) is 0 Å². The number of rotatable bonds is 2. The maximum absolute atomic E-state index is 7.79. The van der Waals surface area contributed by atoms with Crippen LogP contribution >= 0.6 is 0 Å². The van der Waals surface area contributed by atoms with E-state index in [0.29, 0.717) is 0 Å². The zero-order chi connectivity index (χ0) is 55.6. The van der Waals surface area contributed by atoms with Crippen LogP contribution in [0.1, 0.15) is 105 Å². The van der Waals surface area contributed by atoms with Gasteiger partial charge in [-0.2, -0.15) is 0 Å². The molecule has 1 spiro atoms. The molecule has 0 aliphatic carbocycles. The van der Waals surface area contributed by atoms with Crippen molar-refractivity contribution < 1.29 is 4.74 Å². The molecule has 16 rings (SSSR count). The van der Waals surface area contributed by atoms with Crippen LogP contribution in [0.3, 0.4) is 0 Å². The Morgan fingerprint density at radius 2 is 0.852 bits per heavy atom. The van der Waals surface area contributed by atoms with Crippen molar-refractivity contribution >= 4 is 95.5 Å². The summed E-state index contributed by atoms with van der Waals surface area (Å²) in [5, 5.41) is 10.9. The highest BCUT2D eigenvalue weighted by Gasteiger charge is 2.55. The van der Waals surface area contributed by atoms with Gasteiger partial charge in [-0.3, -0.25) is 0 Å². The normalized spacial score (nSPS) is 14.6. The van der Waals surface area contributed by atoms with Gasteiger partial charge >= 0.3 is 0 Å². The summed E-state index contributed by atoms with van der Waals surface area (Å²) in [6.45, 7) is 28.1. The summed E-state index contributed by atoms with van der Waals surface area (Å²) in [4.78, 5) is 0. The first kappa shape index (κ1) is 48.8. The van der Waals surface area contributed by atoms with Crippen molar-refractivity contribution in [3.05, 3.63) is 210 Å². The number of fused-ring (bicyclic) bond motifs is 21. The molecule has 0 N–H and O–H groups in total. The van der Waals surface area contributed by atoms with E-state index >= 15 is 0 Å². The molecule has 0 bridgehead atoms. The van der Waals surface area contributed by atoms with Gasteiger partial charge in [0, 0.05) is 32.9 Å². The molecular formula is C76H67BN2OSi. The molecule has 4 aliphatic heterocycles. The molecule has 0 radical (unpaired) electrons. The van der Waals surface area contributed by atoms with Crippen LogP contribution in [-0.2, 0) is 21.7 Å². The molecular weight excluding hydrogens is 996 g/mol. The van der Waals surface area contributed by atoms with Crippen molar-refractivity contribution in [1.82, 2.24) is 9.13 Å². The molecule has 0 saturated carbocycles. The third-order valence-corrected chi connectivity index (χ3v) is 24.1. The molecule has 2 aromatic heterocycles. The van der Waals surface area contributed by atoms with Gasteiger partial charge in [-0.1, -0.05) is 229 Å². The second-order valence-electron chi connectivity index (χ2n) is 28.1. The summed E-state index contributed by atoms with van der Waals surface area (Å²) in [6, 6.07) is 73.7. The van der Waals surface area contributed by atoms with E-state index in [-0.39, 0.29) is 28.4 Å². The van der Waals surface area contributed by atoms with Gasteiger partial charge < -0.3 is 13.9 Å². The zero-order valence-electron chi connectivity index (χ0n) is 48.8. The summed E-state index contributed by atoms with van der Waals surface area (Å²) in [5.41, 5.74) is 24.1. The average molecular weight is 1060 g/mol. The van der Waals surface area contributed by atoms with Gasteiger partial charge in [-0.15, -0.1) is 0 Å². The number of benzene rings is 10. The Morgan fingerprint density at radius 3 is 1.42 bits per heavy atom. The largest absolute Gasteiger partial charge is 0.458 e. The van der Waals surface area contributed by atoms with E-state index < -0.39 is 8.07 Å². The topological polar surface area (TPSA) is 19.1 Å². The van der Waals surface area contributed by atoms with E-state index in [2.05, 4.69) is 280 Å². The molecule has 0 amide bonds. The van der Waals surface area contributed by atoms with Crippen LogP contribution in [0, 0.1) is 0 Å². The predicted molar refractivity (Wildman–Crippen MR) is 348 cm³/mol.